The summed E-state index contributed by atoms with van der Waals surface area (Å²) in [5.74, 6) is 2.05. The predicted molar refractivity (Wildman–Crippen MR) is 126 cm³/mol. The van der Waals surface area contributed by atoms with Crippen molar-refractivity contribution in [3.8, 4) is 0 Å². The van der Waals surface area contributed by atoms with Crippen molar-refractivity contribution in [3.05, 3.63) is 53.3 Å². The molecular weight excluding hydrogens is 406 g/mol. The quantitative estimate of drug-likeness (QED) is 0.504. The van der Waals surface area contributed by atoms with E-state index in [2.05, 4.69) is 46.4 Å². The number of nitrogens with one attached hydrogen (secondary N) is 1. The lowest BCUT2D eigenvalue weighted by Gasteiger charge is -2.29. The molecule has 1 aromatic carbocycles. The van der Waals surface area contributed by atoms with Crippen LogP contribution in [0.3, 0.4) is 0 Å². The molecule has 1 unspecified atom stereocenters. The highest BCUT2D eigenvalue weighted by molar-refractivity contribution is 7.26. The van der Waals surface area contributed by atoms with Gasteiger partial charge in [0, 0.05) is 24.5 Å². The highest BCUT2D eigenvalue weighted by Crippen LogP contribution is 2.43. The van der Waals surface area contributed by atoms with Crippen LogP contribution in [0.5, 0.6) is 0 Å². The number of fused-ring (bicyclic) bond motifs is 5. The Bertz CT molecular complexity index is 1250. The van der Waals surface area contributed by atoms with Crippen molar-refractivity contribution in [3.63, 3.8) is 0 Å². The first kappa shape index (κ1) is 19.0. The highest BCUT2D eigenvalue weighted by atomic mass is 32.1. The molecule has 1 saturated heterocycles. The van der Waals surface area contributed by atoms with Crippen LogP contribution in [-0.4, -0.2) is 41.3 Å². The third-order valence-corrected chi connectivity index (χ3v) is 7.49. The Morgan fingerprint density at radius 3 is 2.71 bits per heavy atom. The zero-order valence-electron chi connectivity index (χ0n) is 17.6. The van der Waals surface area contributed by atoms with Crippen LogP contribution in [0.2, 0.25) is 0 Å². The standard InChI is InChI=1S/C24H25N5OS/c1-15(16-6-3-2-4-7-16)27-22-21-20(25-14-26-22)19-17-8-5-9-18(17)23(28-24(19)31-21)29-10-12-30-13-11-29/h2-4,6-7,14-15H,5,8-13H2,1H3,(H,25,26,27). The van der Waals surface area contributed by atoms with Crippen LogP contribution in [0.1, 0.15) is 36.1 Å². The Balaban J connectivity index is 1.47. The molecule has 1 aliphatic heterocycles. The molecule has 3 aromatic heterocycles. The fraction of sp³-hybridized carbons (Fsp3) is 0.375. The number of pyridine rings is 1. The Hall–Kier alpha value is -2.77. The highest BCUT2D eigenvalue weighted by Gasteiger charge is 2.27. The summed E-state index contributed by atoms with van der Waals surface area (Å²) < 4.78 is 6.67. The molecule has 4 heterocycles. The minimum Gasteiger partial charge on any atom is -0.378 e. The van der Waals surface area contributed by atoms with E-state index in [-0.39, 0.29) is 6.04 Å². The number of anilines is 2. The molecule has 0 spiro atoms. The van der Waals surface area contributed by atoms with Crippen LogP contribution < -0.4 is 10.2 Å². The summed E-state index contributed by atoms with van der Waals surface area (Å²) in [6, 6.07) is 10.6. The number of hydrogen-bond acceptors (Lipinski definition) is 7. The van der Waals surface area contributed by atoms with Gasteiger partial charge in [0.1, 0.15) is 22.8 Å². The molecule has 7 heteroatoms. The number of benzene rings is 1. The van der Waals surface area contributed by atoms with E-state index < -0.39 is 0 Å². The molecule has 1 fully saturated rings. The summed E-state index contributed by atoms with van der Waals surface area (Å²) in [6.45, 7) is 5.55. The second-order valence-electron chi connectivity index (χ2n) is 8.30. The Morgan fingerprint density at radius 2 is 1.87 bits per heavy atom. The van der Waals surface area contributed by atoms with Crippen LogP contribution in [0, 0.1) is 0 Å². The van der Waals surface area contributed by atoms with Crippen molar-refractivity contribution in [2.24, 2.45) is 0 Å². The summed E-state index contributed by atoms with van der Waals surface area (Å²) in [7, 11) is 0. The van der Waals surface area contributed by atoms with Crippen molar-refractivity contribution in [2.45, 2.75) is 32.2 Å². The second kappa shape index (κ2) is 7.73. The van der Waals surface area contributed by atoms with Crippen LogP contribution in [-0.2, 0) is 17.6 Å². The minimum atomic E-state index is 0.159. The van der Waals surface area contributed by atoms with Gasteiger partial charge in [-0.15, -0.1) is 11.3 Å². The zero-order chi connectivity index (χ0) is 20.8. The van der Waals surface area contributed by atoms with Gasteiger partial charge >= 0.3 is 0 Å². The maximum Gasteiger partial charge on any atom is 0.148 e. The third-order valence-electron chi connectivity index (χ3n) is 6.41. The maximum atomic E-state index is 5.57. The van der Waals surface area contributed by atoms with E-state index in [4.69, 9.17) is 14.7 Å². The van der Waals surface area contributed by atoms with Gasteiger partial charge in [-0.25, -0.2) is 15.0 Å². The smallest absolute Gasteiger partial charge is 0.148 e. The van der Waals surface area contributed by atoms with Crippen LogP contribution in [0.4, 0.5) is 11.6 Å². The largest absolute Gasteiger partial charge is 0.378 e. The second-order valence-corrected chi connectivity index (χ2v) is 9.30. The first-order valence-electron chi connectivity index (χ1n) is 11.0. The number of aromatic nitrogens is 3. The molecule has 31 heavy (non-hydrogen) atoms. The first-order valence-corrected chi connectivity index (χ1v) is 11.8. The maximum absolute atomic E-state index is 5.57. The van der Waals surface area contributed by atoms with Gasteiger partial charge < -0.3 is 15.0 Å². The van der Waals surface area contributed by atoms with Gasteiger partial charge in [-0.1, -0.05) is 30.3 Å². The van der Waals surface area contributed by atoms with Crippen molar-refractivity contribution in [1.29, 1.82) is 0 Å². The summed E-state index contributed by atoms with van der Waals surface area (Å²) in [4.78, 5) is 18.0. The van der Waals surface area contributed by atoms with Crippen molar-refractivity contribution >= 4 is 43.4 Å². The minimum absolute atomic E-state index is 0.159. The molecule has 0 bridgehead atoms. The van der Waals surface area contributed by atoms with Gasteiger partial charge in [-0.2, -0.15) is 0 Å². The molecular formula is C24H25N5OS. The normalized spacial score (nSPS) is 17.3. The number of hydrogen-bond donors (Lipinski definition) is 1. The Morgan fingerprint density at radius 1 is 1.06 bits per heavy atom. The van der Waals surface area contributed by atoms with E-state index in [1.165, 1.54) is 28.5 Å². The number of thiophene rings is 1. The van der Waals surface area contributed by atoms with E-state index in [1.807, 2.05) is 6.07 Å². The fourth-order valence-corrected chi connectivity index (χ4v) is 5.96. The number of aryl methyl sites for hydroxylation is 1. The van der Waals surface area contributed by atoms with Gasteiger partial charge in [0.15, 0.2) is 0 Å². The zero-order valence-corrected chi connectivity index (χ0v) is 18.4. The number of ether oxygens (including phenoxy) is 1. The topological polar surface area (TPSA) is 63.2 Å². The predicted octanol–water partition coefficient (Wildman–Crippen LogP) is 4.74. The Kier molecular flexibility index (Phi) is 4.73. The Labute approximate surface area is 185 Å². The molecule has 4 aromatic rings. The van der Waals surface area contributed by atoms with Crippen molar-refractivity contribution < 1.29 is 4.74 Å². The van der Waals surface area contributed by atoms with Gasteiger partial charge in [0.2, 0.25) is 0 Å². The monoisotopic (exact) mass is 431 g/mol. The van der Waals surface area contributed by atoms with Crippen LogP contribution in [0.15, 0.2) is 36.7 Å². The molecule has 1 atom stereocenters. The molecule has 6 rings (SSSR count). The van der Waals surface area contributed by atoms with Gasteiger partial charge in [-0.3, -0.25) is 0 Å². The van der Waals surface area contributed by atoms with E-state index in [1.54, 1.807) is 17.7 Å². The lowest BCUT2D eigenvalue weighted by atomic mass is 10.1. The number of morpholine rings is 1. The van der Waals surface area contributed by atoms with Crippen molar-refractivity contribution in [1.82, 2.24) is 15.0 Å². The van der Waals surface area contributed by atoms with Crippen molar-refractivity contribution in [2.75, 3.05) is 36.5 Å². The lowest BCUT2D eigenvalue weighted by molar-refractivity contribution is 0.122. The summed E-state index contributed by atoms with van der Waals surface area (Å²) in [6.07, 6.45) is 5.08. The number of nitrogens with zero attached hydrogens (tertiary/aromatic N) is 4. The summed E-state index contributed by atoms with van der Waals surface area (Å²) in [5.41, 5.74) is 5.14. The molecule has 6 nitrogen and oxygen atoms in total. The molecule has 2 aliphatic rings. The van der Waals surface area contributed by atoms with E-state index in [0.717, 1.165) is 65.8 Å². The van der Waals surface area contributed by atoms with Gasteiger partial charge in [-0.05, 0) is 42.9 Å². The van der Waals surface area contributed by atoms with Crippen LogP contribution in [0.25, 0.3) is 20.4 Å². The molecule has 1 aliphatic carbocycles. The molecule has 158 valence electrons. The summed E-state index contributed by atoms with van der Waals surface area (Å²) in [5, 5.41) is 4.85. The first-order chi connectivity index (χ1) is 15.3. The van der Waals surface area contributed by atoms with Crippen LogP contribution >= 0.6 is 11.3 Å². The average molecular weight is 432 g/mol. The number of rotatable bonds is 4. The fourth-order valence-electron chi connectivity index (χ4n) is 4.85. The lowest BCUT2D eigenvalue weighted by Crippen LogP contribution is -2.37. The van der Waals surface area contributed by atoms with E-state index >= 15 is 0 Å². The molecule has 0 radical (unpaired) electrons. The molecule has 0 amide bonds. The third kappa shape index (κ3) is 3.23. The SMILES string of the molecule is CC(Nc1ncnc2c1sc1nc(N3CCOCC3)c3c(c12)CCC3)c1ccccc1. The molecule has 1 N–H and O–H groups in total. The molecule has 0 saturated carbocycles. The van der Waals surface area contributed by atoms with Gasteiger partial charge in [0.25, 0.3) is 0 Å². The van der Waals surface area contributed by atoms with Gasteiger partial charge in [0.05, 0.1) is 23.4 Å². The van der Waals surface area contributed by atoms with E-state index in [0.29, 0.717) is 0 Å². The average Bonchev–Trinajstić information content (AvgIpc) is 3.44. The summed E-state index contributed by atoms with van der Waals surface area (Å²) >= 11 is 1.71. The van der Waals surface area contributed by atoms with E-state index in [9.17, 15) is 0 Å².